The number of rotatable bonds is 10. The van der Waals surface area contributed by atoms with Gasteiger partial charge < -0.3 is 19.9 Å². The summed E-state index contributed by atoms with van der Waals surface area (Å²) in [5, 5.41) is 14.8. The molecule has 0 aliphatic carbocycles. The van der Waals surface area contributed by atoms with Crippen LogP contribution in [0.2, 0.25) is 0 Å². The molecule has 0 atom stereocenters. The summed E-state index contributed by atoms with van der Waals surface area (Å²) in [6.07, 6.45) is 1.68. The molecule has 1 aliphatic heterocycles. The van der Waals surface area contributed by atoms with Crippen LogP contribution in [0.25, 0.3) is 0 Å². The average molecular weight is 489 g/mol. The highest BCUT2D eigenvalue weighted by Crippen LogP contribution is 2.30. The van der Waals surface area contributed by atoms with Crippen molar-refractivity contribution in [3.05, 3.63) is 94.0 Å². The van der Waals surface area contributed by atoms with Crippen LogP contribution in [-0.4, -0.2) is 55.1 Å². The van der Waals surface area contributed by atoms with Gasteiger partial charge in [0.2, 0.25) is 0 Å². The number of nitro benzene ring substituents is 1. The Morgan fingerprint density at radius 1 is 1.00 bits per heavy atom. The summed E-state index contributed by atoms with van der Waals surface area (Å²) < 4.78 is 5.67. The first-order chi connectivity index (χ1) is 17.5. The van der Waals surface area contributed by atoms with E-state index in [2.05, 4.69) is 10.2 Å². The Bertz CT molecular complexity index is 1180. The first-order valence-corrected chi connectivity index (χ1v) is 12.4. The number of benzene rings is 3. The minimum atomic E-state index is -0.358. The maximum atomic E-state index is 13.0. The van der Waals surface area contributed by atoms with Gasteiger partial charge in [0, 0.05) is 50.0 Å². The molecule has 4 rings (SSSR count). The molecular formula is C28H32N4O4. The van der Waals surface area contributed by atoms with Crippen LogP contribution in [0.15, 0.2) is 72.8 Å². The van der Waals surface area contributed by atoms with Gasteiger partial charge in [-0.25, -0.2) is 0 Å². The molecule has 1 amide bonds. The van der Waals surface area contributed by atoms with E-state index in [4.69, 9.17) is 4.74 Å². The molecule has 1 aliphatic rings. The second-order valence-corrected chi connectivity index (χ2v) is 8.78. The number of amides is 1. The number of carbonyl (C=O) groups is 1. The van der Waals surface area contributed by atoms with E-state index in [1.165, 1.54) is 5.56 Å². The number of hydrogen-bond donors (Lipinski definition) is 1. The Hall–Kier alpha value is -4.07. The molecule has 1 fully saturated rings. The number of piperazine rings is 1. The van der Waals surface area contributed by atoms with E-state index < -0.39 is 0 Å². The van der Waals surface area contributed by atoms with Crippen molar-refractivity contribution in [3.8, 4) is 5.75 Å². The fourth-order valence-electron chi connectivity index (χ4n) is 4.30. The standard InChI is InChI=1S/C28H32N4O4/c1-2-19-36-25-10-6-9-23(20-25)28(33)31-17-15-30(16-18-31)24-11-12-27(32(34)35)26(21-24)29-14-13-22-7-4-3-5-8-22/h3-12,20-21,29H,2,13-19H2,1H3. The van der Waals surface area contributed by atoms with E-state index in [0.717, 1.165) is 18.5 Å². The van der Waals surface area contributed by atoms with Crippen molar-refractivity contribution in [2.45, 2.75) is 19.8 Å². The van der Waals surface area contributed by atoms with E-state index in [-0.39, 0.29) is 16.5 Å². The van der Waals surface area contributed by atoms with Gasteiger partial charge in [0.1, 0.15) is 11.4 Å². The zero-order chi connectivity index (χ0) is 25.3. The number of nitrogens with one attached hydrogen (secondary N) is 1. The Morgan fingerprint density at radius 2 is 1.78 bits per heavy atom. The molecule has 3 aromatic rings. The summed E-state index contributed by atoms with van der Waals surface area (Å²) in [7, 11) is 0. The molecule has 0 aromatic heterocycles. The van der Waals surface area contributed by atoms with Crippen LogP contribution in [0.3, 0.4) is 0 Å². The lowest BCUT2D eigenvalue weighted by Gasteiger charge is -2.36. The summed E-state index contributed by atoms with van der Waals surface area (Å²) in [5.41, 5.74) is 3.27. The van der Waals surface area contributed by atoms with E-state index in [9.17, 15) is 14.9 Å². The normalized spacial score (nSPS) is 13.4. The lowest BCUT2D eigenvalue weighted by atomic mass is 10.1. The molecule has 0 saturated carbocycles. The number of ether oxygens (including phenoxy) is 1. The van der Waals surface area contributed by atoms with E-state index in [1.54, 1.807) is 18.2 Å². The molecule has 0 radical (unpaired) electrons. The SMILES string of the molecule is CCCOc1cccc(C(=O)N2CCN(c3ccc([N+](=O)[O-])c(NCCc4ccccc4)c3)CC2)c1. The van der Waals surface area contributed by atoms with Crippen LogP contribution in [-0.2, 0) is 6.42 Å². The lowest BCUT2D eigenvalue weighted by Crippen LogP contribution is -2.48. The summed E-state index contributed by atoms with van der Waals surface area (Å²) in [4.78, 5) is 28.3. The second-order valence-electron chi connectivity index (χ2n) is 8.78. The van der Waals surface area contributed by atoms with Gasteiger partial charge in [0.25, 0.3) is 11.6 Å². The van der Waals surface area contributed by atoms with E-state index in [0.29, 0.717) is 56.3 Å². The number of nitro groups is 1. The maximum absolute atomic E-state index is 13.0. The van der Waals surface area contributed by atoms with Crippen LogP contribution >= 0.6 is 0 Å². The predicted octanol–water partition coefficient (Wildman–Crippen LogP) is 5.00. The highest BCUT2D eigenvalue weighted by molar-refractivity contribution is 5.94. The minimum absolute atomic E-state index is 0.0106. The van der Waals surface area contributed by atoms with Crippen molar-refractivity contribution >= 4 is 23.0 Å². The summed E-state index contributed by atoms with van der Waals surface area (Å²) in [6, 6.07) is 22.5. The Labute approximate surface area is 211 Å². The maximum Gasteiger partial charge on any atom is 0.292 e. The molecule has 36 heavy (non-hydrogen) atoms. The topological polar surface area (TPSA) is 88.0 Å². The largest absolute Gasteiger partial charge is 0.494 e. The molecule has 8 heteroatoms. The molecule has 8 nitrogen and oxygen atoms in total. The Morgan fingerprint density at radius 3 is 2.50 bits per heavy atom. The fourth-order valence-corrected chi connectivity index (χ4v) is 4.30. The molecule has 0 bridgehead atoms. The van der Waals surface area contributed by atoms with E-state index >= 15 is 0 Å². The predicted molar refractivity (Wildman–Crippen MR) is 142 cm³/mol. The molecule has 0 spiro atoms. The van der Waals surface area contributed by atoms with Gasteiger partial charge >= 0.3 is 0 Å². The molecular weight excluding hydrogens is 456 g/mol. The zero-order valence-electron chi connectivity index (χ0n) is 20.6. The molecule has 1 saturated heterocycles. The molecule has 1 heterocycles. The molecule has 188 valence electrons. The van der Waals surface area contributed by atoms with Crippen molar-refractivity contribution in [3.63, 3.8) is 0 Å². The Balaban J connectivity index is 1.38. The third-order valence-corrected chi connectivity index (χ3v) is 6.23. The summed E-state index contributed by atoms with van der Waals surface area (Å²) in [5.74, 6) is 0.697. The van der Waals surface area contributed by atoms with Gasteiger partial charge in [-0.1, -0.05) is 43.3 Å². The van der Waals surface area contributed by atoms with Crippen molar-refractivity contribution in [2.24, 2.45) is 0 Å². The van der Waals surface area contributed by atoms with Crippen LogP contribution in [0.5, 0.6) is 5.75 Å². The number of nitrogens with zero attached hydrogens (tertiary/aromatic N) is 3. The number of hydrogen-bond acceptors (Lipinski definition) is 6. The van der Waals surface area contributed by atoms with Crippen LogP contribution in [0.4, 0.5) is 17.1 Å². The van der Waals surface area contributed by atoms with Gasteiger partial charge in [-0.2, -0.15) is 0 Å². The van der Waals surface area contributed by atoms with Gasteiger partial charge in [0.15, 0.2) is 0 Å². The van der Waals surface area contributed by atoms with Gasteiger partial charge in [-0.05, 0) is 48.7 Å². The quantitative estimate of drug-likeness (QED) is 0.319. The highest BCUT2D eigenvalue weighted by atomic mass is 16.6. The lowest BCUT2D eigenvalue weighted by molar-refractivity contribution is -0.383. The van der Waals surface area contributed by atoms with Gasteiger partial charge in [-0.15, -0.1) is 0 Å². The minimum Gasteiger partial charge on any atom is -0.494 e. The smallest absolute Gasteiger partial charge is 0.292 e. The first kappa shape index (κ1) is 25.0. The van der Waals surface area contributed by atoms with Crippen molar-refractivity contribution in [1.82, 2.24) is 4.90 Å². The summed E-state index contributed by atoms with van der Waals surface area (Å²) in [6.45, 7) is 5.72. The van der Waals surface area contributed by atoms with Gasteiger partial charge in [0.05, 0.1) is 11.5 Å². The molecule has 1 N–H and O–H groups in total. The first-order valence-electron chi connectivity index (χ1n) is 12.4. The van der Waals surface area contributed by atoms with Crippen LogP contribution in [0.1, 0.15) is 29.3 Å². The third kappa shape index (κ3) is 6.33. The third-order valence-electron chi connectivity index (χ3n) is 6.23. The fraction of sp³-hybridized carbons (Fsp3) is 0.321. The number of carbonyl (C=O) groups excluding carboxylic acids is 1. The average Bonchev–Trinajstić information content (AvgIpc) is 2.92. The zero-order valence-corrected chi connectivity index (χ0v) is 20.6. The number of anilines is 2. The van der Waals surface area contributed by atoms with Crippen LogP contribution in [0, 0.1) is 10.1 Å². The summed E-state index contributed by atoms with van der Waals surface area (Å²) >= 11 is 0. The highest BCUT2D eigenvalue weighted by Gasteiger charge is 2.24. The van der Waals surface area contributed by atoms with Gasteiger partial charge in [-0.3, -0.25) is 14.9 Å². The van der Waals surface area contributed by atoms with Crippen molar-refractivity contribution in [1.29, 1.82) is 0 Å². The van der Waals surface area contributed by atoms with E-state index in [1.807, 2.05) is 66.4 Å². The second kappa shape index (κ2) is 12.1. The van der Waals surface area contributed by atoms with Crippen LogP contribution < -0.4 is 15.0 Å². The Kier molecular flexibility index (Phi) is 8.39. The van der Waals surface area contributed by atoms with Crippen molar-refractivity contribution < 1.29 is 14.5 Å². The monoisotopic (exact) mass is 488 g/mol. The van der Waals surface area contributed by atoms with Crippen molar-refractivity contribution in [2.75, 3.05) is 49.5 Å². The molecule has 0 unspecified atom stereocenters. The molecule has 3 aromatic carbocycles.